The predicted octanol–water partition coefficient (Wildman–Crippen LogP) is 0.807. The molecule has 2 aliphatic rings. The van der Waals surface area contributed by atoms with Crippen LogP contribution in [-0.2, 0) is 0 Å². The number of nitrogens with two attached hydrogens (primary N) is 1. The number of hydrogen-bond acceptors (Lipinski definition) is 4. The van der Waals surface area contributed by atoms with Gasteiger partial charge >= 0.3 is 0 Å². The molecule has 1 aromatic rings. The molecule has 0 aliphatic carbocycles. The molecule has 0 spiro atoms. The van der Waals surface area contributed by atoms with E-state index in [4.69, 9.17) is 19.9 Å². The first kappa shape index (κ1) is 7.03. The molecule has 2 heterocycles. The Kier molecular flexibility index (Phi) is 1.24. The molecule has 1 unspecified atom stereocenters. The molecule has 68 valence electrons. The first-order valence-electron chi connectivity index (χ1n) is 4.17. The van der Waals surface area contributed by atoms with Crippen LogP contribution in [0.4, 0.5) is 0 Å². The molecule has 0 amide bonds. The highest BCUT2D eigenvalue weighted by Gasteiger charge is 2.29. The summed E-state index contributed by atoms with van der Waals surface area (Å²) in [6, 6.07) is 3.76. The van der Waals surface area contributed by atoms with Crippen molar-refractivity contribution < 1.29 is 14.2 Å². The van der Waals surface area contributed by atoms with Crippen molar-refractivity contribution in [2.45, 2.75) is 6.04 Å². The molecule has 4 nitrogen and oxygen atoms in total. The van der Waals surface area contributed by atoms with Crippen LogP contribution in [0.5, 0.6) is 17.2 Å². The molecule has 2 N–H and O–H groups in total. The van der Waals surface area contributed by atoms with Crippen molar-refractivity contribution in [3.05, 3.63) is 17.7 Å². The van der Waals surface area contributed by atoms with Crippen LogP contribution in [0.3, 0.4) is 0 Å². The Morgan fingerprint density at radius 1 is 1.15 bits per heavy atom. The molecule has 0 bridgehead atoms. The van der Waals surface area contributed by atoms with E-state index < -0.39 is 0 Å². The van der Waals surface area contributed by atoms with E-state index in [1.54, 1.807) is 0 Å². The summed E-state index contributed by atoms with van der Waals surface area (Å²) in [5.41, 5.74) is 6.82. The summed E-state index contributed by atoms with van der Waals surface area (Å²) < 4.78 is 15.9. The molecule has 4 heteroatoms. The van der Waals surface area contributed by atoms with Crippen LogP contribution in [0, 0.1) is 0 Å². The fourth-order valence-corrected chi connectivity index (χ4v) is 1.67. The van der Waals surface area contributed by atoms with Crippen LogP contribution in [0.15, 0.2) is 12.1 Å². The zero-order valence-electron chi connectivity index (χ0n) is 6.95. The molecule has 0 saturated heterocycles. The van der Waals surface area contributed by atoms with Crippen molar-refractivity contribution in [2.75, 3.05) is 13.4 Å². The molecular weight excluding hydrogens is 170 g/mol. The molecule has 1 aromatic carbocycles. The second kappa shape index (κ2) is 2.29. The Balaban J connectivity index is 2.21. The van der Waals surface area contributed by atoms with E-state index in [-0.39, 0.29) is 12.8 Å². The second-order valence-electron chi connectivity index (χ2n) is 3.14. The predicted molar refractivity (Wildman–Crippen MR) is 45.0 cm³/mol. The van der Waals surface area contributed by atoms with Gasteiger partial charge in [-0.05, 0) is 12.1 Å². The van der Waals surface area contributed by atoms with Gasteiger partial charge in [0.2, 0.25) is 12.5 Å². The molecule has 0 saturated carbocycles. The summed E-state index contributed by atoms with van der Waals surface area (Å²) in [6.07, 6.45) is 0. The van der Waals surface area contributed by atoms with Gasteiger partial charge in [0.25, 0.3) is 0 Å². The number of ether oxygens (including phenoxy) is 3. The van der Waals surface area contributed by atoms with Gasteiger partial charge in [0.1, 0.15) is 6.61 Å². The fraction of sp³-hybridized carbons (Fsp3) is 0.333. The summed E-state index contributed by atoms with van der Waals surface area (Å²) in [7, 11) is 0. The SMILES string of the molecule is NC1COc2c1ccc1c2OCO1. The normalized spacial score (nSPS) is 22.7. The highest BCUT2D eigenvalue weighted by molar-refractivity contribution is 5.59. The second-order valence-corrected chi connectivity index (χ2v) is 3.14. The van der Waals surface area contributed by atoms with Crippen molar-refractivity contribution in [1.82, 2.24) is 0 Å². The Hall–Kier alpha value is -1.42. The highest BCUT2D eigenvalue weighted by Crippen LogP contribution is 2.47. The maximum Gasteiger partial charge on any atom is 0.231 e. The van der Waals surface area contributed by atoms with Gasteiger partial charge in [-0.25, -0.2) is 0 Å². The lowest BCUT2D eigenvalue weighted by Gasteiger charge is -2.02. The average Bonchev–Trinajstić information content (AvgIpc) is 2.70. The van der Waals surface area contributed by atoms with E-state index in [0.717, 1.165) is 17.1 Å². The highest BCUT2D eigenvalue weighted by atomic mass is 16.7. The van der Waals surface area contributed by atoms with Gasteiger partial charge < -0.3 is 19.9 Å². The third-order valence-electron chi connectivity index (χ3n) is 2.33. The fourth-order valence-electron chi connectivity index (χ4n) is 1.67. The largest absolute Gasteiger partial charge is 0.487 e. The van der Waals surface area contributed by atoms with Gasteiger partial charge in [-0.2, -0.15) is 0 Å². The number of hydrogen-bond donors (Lipinski definition) is 1. The number of benzene rings is 1. The van der Waals surface area contributed by atoms with Crippen molar-refractivity contribution in [3.63, 3.8) is 0 Å². The Morgan fingerprint density at radius 3 is 3.00 bits per heavy atom. The van der Waals surface area contributed by atoms with Crippen LogP contribution in [0.25, 0.3) is 0 Å². The Bertz CT molecular complexity index is 364. The minimum Gasteiger partial charge on any atom is -0.487 e. The Morgan fingerprint density at radius 2 is 2.08 bits per heavy atom. The smallest absolute Gasteiger partial charge is 0.231 e. The van der Waals surface area contributed by atoms with Gasteiger partial charge in [0.15, 0.2) is 11.5 Å². The lowest BCUT2D eigenvalue weighted by molar-refractivity contribution is 0.170. The summed E-state index contributed by atoms with van der Waals surface area (Å²) in [5, 5.41) is 0. The van der Waals surface area contributed by atoms with Gasteiger partial charge in [0.05, 0.1) is 6.04 Å². The standard InChI is InChI=1S/C9H9NO3/c10-6-3-11-8-5(6)1-2-7-9(8)13-4-12-7/h1-2,6H,3-4,10H2. The Labute approximate surface area is 75.2 Å². The van der Waals surface area contributed by atoms with Crippen molar-refractivity contribution in [1.29, 1.82) is 0 Å². The summed E-state index contributed by atoms with van der Waals surface area (Å²) in [6.45, 7) is 0.791. The quantitative estimate of drug-likeness (QED) is 0.640. The topological polar surface area (TPSA) is 53.7 Å². The van der Waals surface area contributed by atoms with Gasteiger partial charge in [-0.15, -0.1) is 0 Å². The zero-order chi connectivity index (χ0) is 8.84. The van der Waals surface area contributed by atoms with Gasteiger partial charge in [0, 0.05) is 5.56 Å². The minimum absolute atomic E-state index is 0.0375. The van der Waals surface area contributed by atoms with E-state index in [1.807, 2.05) is 12.1 Å². The third kappa shape index (κ3) is 0.833. The van der Waals surface area contributed by atoms with Crippen molar-refractivity contribution in [3.8, 4) is 17.2 Å². The zero-order valence-corrected chi connectivity index (χ0v) is 6.95. The monoisotopic (exact) mass is 179 g/mol. The molecule has 0 fully saturated rings. The van der Waals surface area contributed by atoms with E-state index in [1.165, 1.54) is 0 Å². The molecule has 1 atom stereocenters. The van der Waals surface area contributed by atoms with E-state index in [2.05, 4.69) is 0 Å². The number of rotatable bonds is 0. The van der Waals surface area contributed by atoms with Crippen molar-refractivity contribution >= 4 is 0 Å². The lowest BCUT2D eigenvalue weighted by Crippen LogP contribution is -2.10. The van der Waals surface area contributed by atoms with Gasteiger partial charge in [-0.1, -0.05) is 0 Å². The van der Waals surface area contributed by atoms with E-state index in [0.29, 0.717) is 12.4 Å². The molecule has 13 heavy (non-hydrogen) atoms. The van der Waals surface area contributed by atoms with Gasteiger partial charge in [-0.3, -0.25) is 0 Å². The summed E-state index contributed by atoms with van der Waals surface area (Å²) in [4.78, 5) is 0. The third-order valence-corrected chi connectivity index (χ3v) is 2.33. The van der Waals surface area contributed by atoms with Crippen LogP contribution in [0.1, 0.15) is 11.6 Å². The maximum absolute atomic E-state index is 5.82. The molecule has 0 aromatic heterocycles. The summed E-state index contributed by atoms with van der Waals surface area (Å²) in [5.74, 6) is 2.20. The first-order chi connectivity index (χ1) is 6.36. The van der Waals surface area contributed by atoms with Crippen LogP contribution >= 0.6 is 0 Å². The molecule has 0 radical (unpaired) electrons. The lowest BCUT2D eigenvalue weighted by atomic mass is 10.1. The van der Waals surface area contributed by atoms with Crippen LogP contribution in [-0.4, -0.2) is 13.4 Å². The van der Waals surface area contributed by atoms with E-state index in [9.17, 15) is 0 Å². The minimum atomic E-state index is -0.0375. The van der Waals surface area contributed by atoms with Crippen molar-refractivity contribution in [2.24, 2.45) is 5.73 Å². The summed E-state index contributed by atoms with van der Waals surface area (Å²) >= 11 is 0. The molecular formula is C9H9NO3. The average molecular weight is 179 g/mol. The number of fused-ring (bicyclic) bond motifs is 3. The first-order valence-corrected chi connectivity index (χ1v) is 4.17. The van der Waals surface area contributed by atoms with Crippen LogP contribution in [0.2, 0.25) is 0 Å². The van der Waals surface area contributed by atoms with E-state index >= 15 is 0 Å². The molecule has 2 aliphatic heterocycles. The van der Waals surface area contributed by atoms with Crippen LogP contribution < -0.4 is 19.9 Å². The molecule has 3 rings (SSSR count). The maximum atomic E-state index is 5.82.